The van der Waals surface area contributed by atoms with Crippen LogP contribution in [0.25, 0.3) is 0 Å². The van der Waals surface area contributed by atoms with Gasteiger partial charge in [-0.1, -0.05) is 5.16 Å². The van der Waals surface area contributed by atoms with Gasteiger partial charge >= 0.3 is 6.18 Å². The molecule has 0 fully saturated rings. The summed E-state index contributed by atoms with van der Waals surface area (Å²) in [4.78, 5) is 11.7. The van der Waals surface area contributed by atoms with Crippen LogP contribution in [0.1, 0.15) is 21.7 Å². The summed E-state index contributed by atoms with van der Waals surface area (Å²) in [6.45, 7) is 1.59. The molecule has 1 N–H and O–H groups in total. The first-order valence-corrected chi connectivity index (χ1v) is 5.39. The number of rotatable bonds is 2. The van der Waals surface area contributed by atoms with Crippen molar-refractivity contribution in [2.75, 3.05) is 5.32 Å². The first-order chi connectivity index (χ1) is 9.27. The summed E-state index contributed by atoms with van der Waals surface area (Å²) in [7, 11) is 0. The van der Waals surface area contributed by atoms with E-state index in [2.05, 4.69) is 10.5 Å². The maximum absolute atomic E-state index is 13.1. The molecular formula is C12H8F4N2O2. The van der Waals surface area contributed by atoms with Crippen LogP contribution in [0.15, 0.2) is 28.8 Å². The molecule has 1 aromatic heterocycles. The maximum atomic E-state index is 13.1. The first kappa shape index (κ1) is 14.0. The minimum atomic E-state index is -4.87. The zero-order chi connectivity index (χ0) is 14.9. The molecule has 0 spiro atoms. The Morgan fingerprint density at radius 1 is 1.30 bits per heavy atom. The highest BCUT2D eigenvalue weighted by Crippen LogP contribution is 2.32. The fourth-order valence-corrected chi connectivity index (χ4v) is 1.50. The summed E-state index contributed by atoms with van der Waals surface area (Å²) in [5.41, 5.74) is -1.83. The van der Waals surface area contributed by atoms with Crippen LogP contribution in [-0.2, 0) is 6.18 Å². The number of hydrogen-bond acceptors (Lipinski definition) is 3. The highest BCUT2D eigenvalue weighted by Gasteiger charge is 2.34. The number of aromatic nitrogens is 1. The van der Waals surface area contributed by atoms with Crippen LogP contribution < -0.4 is 5.32 Å². The molecule has 4 nitrogen and oxygen atoms in total. The van der Waals surface area contributed by atoms with E-state index in [0.717, 1.165) is 6.07 Å². The lowest BCUT2D eigenvalue weighted by Crippen LogP contribution is -2.15. The molecule has 0 saturated heterocycles. The average molecular weight is 288 g/mol. The summed E-state index contributed by atoms with van der Waals surface area (Å²) < 4.78 is 55.3. The number of aryl methyl sites for hydroxylation is 1. The molecule has 2 aromatic rings. The molecule has 8 heteroatoms. The first-order valence-electron chi connectivity index (χ1n) is 5.39. The summed E-state index contributed by atoms with van der Waals surface area (Å²) in [6.07, 6.45) is -4.87. The van der Waals surface area contributed by atoms with Crippen molar-refractivity contribution in [3.63, 3.8) is 0 Å². The number of nitrogens with zero attached hydrogens (tertiary/aromatic N) is 1. The van der Waals surface area contributed by atoms with Crippen LogP contribution >= 0.6 is 0 Å². The van der Waals surface area contributed by atoms with Gasteiger partial charge in [0.2, 0.25) is 0 Å². The Hall–Kier alpha value is -2.38. The van der Waals surface area contributed by atoms with Crippen molar-refractivity contribution in [1.82, 2.24) is 5.16 Å². The molecule has 1 aromatic carbocycles. The molecule has 2 rings (SSSR count). The number of halogens is 4. The SMILES string of the molecule is Cc1cc(NC(=O)c2ccc(F)c(C(F)(F)F)c2)no1. The van der Waals surface area contributed by atoms with E-state index in [4.69, 9.17) is 4.52 Å². The van der Waals surface area contributed by atoms with Crippen LogP contribution in [0.3, 0.4) is 0 Å². The zero-order valence-corrected chi connectivity index (χ0v) is 10.1. The van der Waals surface area contributed by atoms with E-state index in [-0.39, 0.29) is 11.4 Å². The highest BCUT2D eigenvalue weighted by molar-refractivity contribution is 6.03. The van der Waals surface area contributed by atoms with Gasteiger partial charge in [-0.25, -0.2) is 4.39 Å². The van der Waals surface area contributed by atoms with Gasteiger partial charge in [0.1, 0.15) is 11.6 Å². The van der Waals surface area contributed by atoms with Crippen molar-refractivity contribution in [2.45, 2.75) is 13.1 Å². The largest absolute Gasteiger partial charge is 0.419 e. The van der Waals surface area contributed by atoms with E-state index in [1.165, 1.54) is 6.07 Å². The minimum absolute atomic E-state index is 0.0605. The molecule has 0 saturated carbocycles. The predicted octanol–water partition coefficient (Wildman–Crippen LogP) is 3.39. The molecule has 0 aliphatic heterocycles. The third-order valence-electron chi connectivity index (χ3n) is 2.40. The van der Waals surface area contributed by atoms with E-state index in [9.17, 15) is 22.4 Å². The molecule has 1 amide bonds. The number of anilines is 1. The molecule has 0 aliphatic rings. The van der Waals surface area contributed by atoms with E-state index in [1.807, 2.05) is 0 Å². The van der Waals surface area contributed by atoms with Crippen molar-refractivity contribution in [1.29, 1.82) is 0 Å². The fourth-order valence-electron chi connectivity index (χ4n) is 1.50. The van der Waals surface area contributed by atoms with E-state index < -0.39 is 23.5 Å². The molecule has 0 unspecified atom stereocenters. The molecule has 0 aliphatic carbocycles. The van der Waals surface area contributed by atoms with E-state index in [1.54, 1.807) is 6.92 Å². The van der Waals surface area contributed by atoms with Gasteiger partial charge in [0, 0.05) is 11.6 Å². The Morgan fingerprint density at radius 3 is 2.55 bits per heavy atom. The number of amides is 1. The Balaban J connectivity index is 2.27. The van der Waals surface area contributed by atoms with Gasteiger partial charge in [-0.2, -0.15) is 13.2 Å². The predicted molar refractivity (Wildman–Crippen MR) is 60.6 cm³/mol. The smallest absolute Gasteiger partial charge is 0.360 e. The van der Waals surface area contributed by atoms with Gasteiger partial charge in [0.25, 0.3) is 5.91 Å². The molecule has 1 heterocycles. The van der Waals surface area contributed by atoms with Crippen LogP contribution in [0.2, 0.25) is 0 Å². The standard InChI is InChI=1S/C12H8F4N2O2/c1-6-4-10(18-20-6)17-11(19)7-2-3-9(13)8(5-7)12(14,15)16/h2-5H,1H3,(H,17,18,19). The number of hydrogen-bond donors (Lipinski definition) is 1. The molecular weight excluding hydrogens is 280 g/mol. The Bertz CT molecular complexity index is 649. The summed E-state index contributed by atoms with van der Waals surface area (Å²) in [6, 6.07) is 3.38. The quantitative estimate of drug-likeness (QED) is 0.862. The molecule has 0 radical (unpaired) electrons. The van der Waals surface area contributed by atoms with Gasteiger partial charge in [-0.3, -0.25) is 4.79 Å². The van der Waals surface area contributed by atoms with Gasteiger partial charge in [-0.05, 0) is 25.1 Å². The van der Waals surface area contributed by atoms with Crippen molar-refractivity contribution >= 4 is 11.7 Å². The second-order valence-electron chi connectivity index (χ2n) is 3.97. The number of alkyl halides is 3. The highest BCUT2D eigenvalue weighted by atomic mass is 19.4. The summed E-state index contributed by atoms with van der Waals surface area (Å²) in [5.74, 6) is -1.80. The van der Waals surface area contributed by atoms with Crippen molar-refractivity contribution in [3.05, 3.63) is 47.0 Å². The van der Waals surface area contributed by atoms with Gasteiger partial charge in [-0.15, -0.1) is 0 Å². The maximum Gasteiger partial charge on any atom is 0.419 e. The second kappa shape index (κ2) is 4.95. The third-order valence-corrected chi connectivity index (χ3v) is 2.40. The lowest BCUT2D eigenvalue weighted by molar-refractivity contribution is -0.140. The van der Waals surface area contributed by atoms with Crippen LogP contribution in [0.4, 0.5) is 23.4 Å². The Morgan fingerprint density at radius 2 is 2.00 bits per heavy atom. The van der Waals surface area contributed by atoms with Crippen LogP contribution in [0.5, 0.6) is 0 Å². The lowest BCUT2D eigenvalue weighted by atomic mass is 10.1. The molecule has 106 valence electrons. The lowest BCUT2D eigenvalue weighted by Gasteiger charge is -2.09. The molecule has 0 bridgehead atoms. The number of nitrogens with one attached hydrogen (secondary N) is 1. The Kier molecular flexibility index (Phi) is 3.47. The Labute approximate surface area is 110 Å². The summed E-state index contributed by atoms with van der Waals surface area (Å²) >= 11 is 0. The number of carbonyl (C=O) groups excluding carboxylic acids is 1. The number of benzene rings is 1. The zero-order valence-electron chi connectivity index (χ0n) is 10.1. The third kappa shape index (κ3) is 2.95. The topological polar surface area (TPSA) is 55.1 Å². The van der Waals surface area contributed by atoms with Crippen molar-refractivity contribution in [2.24, 2.45) is 0 Å². The van der Waals surface area contributed by atoms with Gasteiger partial charge in [0.15, 0.2) is 5.82 Å². The minimum Gasteiger partial charge on any atom is -0.360 e. The second-order valence-corrected chi connectivity index (χ2v) is 3.97. The van der Waals surface area contributed by atoms with Crippen molar-refractivity contribution < 1.29 is 26.9 Å². The average Bonchev–Trinajstić information content (AvgIpc) is 2.73. The van der Waals surface area contributed by atoms with Gasteiger partial charge < -0.3 is 9.84 Å². The monoisotopic (exact) mass is 288 g/mol. The fraction of sp³-hybridized carbons (Fsp3) is 0.167. The molecule has 20 heavy (non-hydrogen) atoms. The van der Waals surface area contributed by atoms with Crippen LogP contribution in [0, 0.1) is 12.7 Å². The summed E-state index contributed by atoms with van der Waals surface area (Å²) in [5, 5.41) is 5.71. The van der Waals surface area contributed by atoms with Gasteiger partial charge in [0.05, 0.1) is 5.56 Å². The van der Waals surface area contributed by atoms with Crippen molar-refractivity contribution in [3.8, 4) is 0 Å². The normalized spacial score (nSPS) is 11.4. The van der Waals surface area contributed by atoms with Crippen LogP contribution in [-0.4, -0.2) is 11.1 Å². The molecule has 0 atom stereocenters. The van der Waals surface area contributed by atoms with E-state index >= 15 is 0 Å². The van der Waals surface area contributed by atoms with E-state index in [0.29, 0.717) is 17.9 Å². The number of carbonyl (C=O) groups is 1.